The second kappa shape index (κ2) is 10.9. The predicted molar refractivity (Wildman–Crippen MR) is 137 cm³/mol. The molecule has 6 nitrogen and oxygen atoms in total. The second-order valence-corrected chi connectivity index (χ2v) is 9.26. The summed E-state index contributed by atoms with van der Waals surface area (Å²) in [5, 5.41) is 12.9. The number of halogens is 1. The summed E-state index contributed by atoms with van der Waals surface area (Å²) in [5.41, 5.74) is 3.07. The molecule has 3 unspecified atom stereocenters. The Morgan fingerprint density at radius 3 is 2.56 bits per heavy atom. The van der Waals surface area contributed by atoms with Crippen molar-refractivity contribution in [3.8, 4) is 11.8 Å². The predicted octanol–water partition coefficient (Wildman–Crippen LogP) is 4.08. The van der Waals surface area contributed by atoms with E-state index in [1.807, 2.05) is 24.3 Å². The highest BCUT2D eigenvalue weighted by Gasteiger charge is 2.49. The molecule has 36 heavy (non-hydrogen) atoms. The Labute approximate surface area is 210 Å². The summed E-state index contributed by atoms with van der Waals surface area (Å²) >= 11 is 0. The summed E-state index contributed by atoms with van der Waals surface area (Å²) in [5.74, 6) is 5.94. The quantitative estimate of drug-likeness (QED) is 0.550. The van der Waals surface area contributed by atoms with Crippen LogP contribution < -0.4 is 5.32 Å². The summed E-state index contributed by atoms with van der Waals surface area (Å²) in [6.07, 6.45) is 5.26. The Morgan fingerprint density at radius 2 is 1.81 bits per heavy atom. The van der Waals surface area contributed by atoms with Gasteiger partial charge in [-0.2, -0.15) is 0 Å². The standard InChI is InChI=1S/C29H29FN4O2/c30-24-7-1-2-8-25(24)32-29(36)33-16-3-4-17-34-26(19-33)28(27(34)20-35)23-13-11-21(12-14-23)9-10-22-6-5-15-31-18-22/h1-2,5-8,11-15,18,26-28,35H,3-4,16-17,19-20H2,(H,32,36). The molecule has 0 aliphatic carbocycles. The number of fused-ring (bicyclic) bond motifs is 1. The minimum Gasteiger partial charge on any atom is -0.395 e. The highest BCUT2D eigenvalue weighted by atomic mass is 19.1. The first-order chi connectivity index (χ1) is 17.6. The van der Waals surface area contributed by atoms with Crippen molar-refractivity contribution >= 4 is 11.7 Å². The van der Waals surface area contributed by atoms with Gasteiger partial charge in [0.1, 0.15) is 5.82 Å². The number of anilines is 1. The minimum atomic E-state index is -0.451. The van der Waals surface area contributed by atoms with Crippen LogP contribution in [-0.4, -0.2) is 64.2 Å². The van der Waals surface area contributed by atoms with Gasteiger partial charge in [-0.3, -0.25) is 9.88 Å². The summed E-state index contributed by atoms with van der Waals surface area (Å²) in [6, 6.07) is 17.9. The zero-order valence-electron chi connectivity index (χ0n) is 20.0. The van der Waals surface area contributed by atoms with Crippen molar-refractivity contribution in [3.63, 3.8) is 0 Å². The van der Waals surface area contributed by atoms with Gasteiger partial charge >= 0.3 is 6.03 Å². The van der Waals surface area contributed by atoms with Gasteiger partial charge in [-0.05, 0) is 61.3 Å². The fraction of sp³-hybridized carbons (Fsp3) is 0.310. The van der Waals surface area contributed by atoms with Crippen molar-refractivity contribution in [3.05, 3.63) is 95.6 Å². The Balaban J connectivity index is 1.32. The molecule has 2 saturated heterocycles. The first-order valence-electron chi connectivity index (χ1n) is 12.3. The van der Waals surface area contributed by atoms with Crippen molar-refractivity contribution in [1.29, 1.82) is 0 Å². The number of hydrogen-bond acceptors (Lipinski definition) is 4. The molecule has 2 N–H and O–H groups in total. The van der Waals surface area contributed by atoms with E-state index in [0.29, 0.717) is 13.1 Å². The number of carbonyl (C=O) groups excluding carboxylic acids is 1. The number of para-hydroxylation sites is 1. The van der Waals surface area contributed by atoms with Gasteiger partial charge in [0.25, 0.3) is 0 Å². The molecule has 2 amide bonds. The number of nitrogens with zero attached hydrogens (tertiary/aromatic N) is 3. The number of aromatic nitrogens is 1. The molecule has 3 aromatic rings. The summed E-state index contributed by atoms with van der Waals surface area (Å²) in [7, 11) is 0. The van der Waals surface area contributed by atoms with Gasteiger partial charge < -0.3 is 15.3 Å². The zero-order valence-corrected chi connectivity index (χ0v) is 20.0. The summed E-state index contributed by atoms with van der Waals surface area (Å²) in [4.78, 5) is 21.2. The van der Waals surface area contributed by atoms with Crippen molar-refractivity contribution in [2.45, 2.75) is 30.8 Å². The van der Waals surface area contributed by atoms with E-state index in [1.54, 1.807) is 35.5 Å². The number of nitrogens with one attached hydrogen (secondary N) is 1. The molecular formula is C29H29FN4O2. The van der Waals surface area contributed by atoms with Gasteiger partial charge in [-0.25, -0.2) is 9.18 Å². The van der Waals surface area contributed by atoms with Gasteiger partial charge in [0.05, 0.1) is 12.3 Å². The Hall–Kier alpha value is -3.73. The molecule has 0 spiro atoms. The van der Waals surface area contributed by atoms with E-state index < -0.39 is 5.82 Å². The van der Waals surface area contributed by atoms with Crippen LogP contribution in [0.1, 0.15) is 35.4 Å². The van der Waals surface area contributed by atoms with Crippen LogP contribution >= 0.6 is 0 Å². The van der Waals surface area contributed by atoms with Crippen LogP contribution in [0.25, 0.3) is 0 Å². The molecule has 1 aromatic heterocycles. The molecule has 3 atom stereocenters. The van der Waals surface area contributed by atoms with E-state index in [0.717, 1.165) is 36.1 Å². The van der Waals surface area contributed by atoms with Crippen LogP contribution in [0.4, 0.5) is 14.9 Å². The van der Waals surface area contributed by atoms with Crippen LogP contribution in [-0.2, 0) is 0 Å². The molecule has 2 fully saturated rings. The van der Waals surface area contributed by atoms with E-state index in [-0.39, 0.29) is 36.3 Å². The topological polar surface area (TPSA) is 68.7 Å². The lowest BCUT2D eigenvalue weighted by Gasteiger charge is -2.57. The van der Waals surface area contributed by atoms with Gasteiger partial charge in [-0.1, -0.05) is 36.1 Å². The Morgan fingerprint density at radius 1 is 1.03 bits per heavy atom. The third-order valence-corrected chi connectivity index (χ3v) is 7.08. The van der Waals surface area contributed by atoms with Crippen LogP contribution in [0.3, 0.4) is 0 Å². The van der Waals surface area contributed by atoms with E-state index in [9.17, 15) is 14.3 Å². The molecule has 2 aliphatic heterocycles. The van der Waals surface area contributed by atoms with E-state index >= 15 is 0 Å². The Kier molecular flexibility index (Phi) is 7.26. The zero-order chi connectivity index (χ0) is 24.9. The van der Waals surface area contributed by atoms with Gasteiger partial charge in [0.2, 0.25) is 0 Å². The van der Waals surface area contributed by atoms with Crippen LogP contribution in [0.15, 0.2) is 73.1 Å². The van der Waals surface area contributed by atoms with E-state index in [1.165, 1.54) is 6.07 Å². The van der Waals surface area contributed by atoms with Gasteiger partial charge in [0, 0.05) is 54.6 Å². The number of carbonyl (C=O) groups is 1. The minimum absolute atomic E-state index is 0.0110. The number of aliphatic hydroxyl groups is 1. The number of rotatable bonds is 3. The van der Waals surface area contributed by atoms with E-state index in [4.69, 9.17) is 0 Å². The highest BCUT2D eigenvalue weighted by Crippen LogP contribution is 2.42. The average molecular weight is 485 g/mol. The van der Waals surface area contributed by atoms with Crippen molar-refractivity contribution in [2.24, 2.45) is 0 Å². The smallest absolute Gasteiger partial charge is 0.321 e. The molecule has 184 valence electrons. The SMILES string of the molecule is O=C(Nc1ccccc1F)N1CCCCN2C(CO)C(c3ccc(C#Cc4cccnc4)cc3)C2C1. The maximum absolute atomic E-state index is 14.1. The maximum atomic E-state index is 14.1. The second-order valence-electron chi connectivity index (χ2n) is 9.26. The molecular weight excluding hydrogens is 455 g/mol. The lowest BCUT2D eigenvalue weighted by Crippen LogP contribution is -2.68. The molecule has 3 heterocycles. The van der Waals surface area contributed by atoms with Crippen molar-refractivity contribution in [2.75, 3.05) is 31.6 Å². The normalized spacial score (nSPS) is 21.7. The molecule has 2 aliphatic rings. The number of benzene rings is 2. The van der Waals surface area contributed by atoms with Gasteiger partial charge in [0.15, 0.2) is 0 Å². The molecule has 2 aromatic carbocycles. The van der Waals surface area contributed by atoms with Crippen LogP contribution in [0.2, 0.25) is 0 Å². The number of hydrogen-bond donors (Lipinski definition) is 2. The molecule has 0 radical (unpaired) electrons. The third kappa shape index (κ3) is 5.11. The fourth-order valence-electron chi connectivity index (χ4n) is 5.25. The summed E-state index contributed by atoms with van der Waals surface area (Å²) in [6.45, 7) is 2.09. The number of aliphatic hydroxyl groups excluding tert-OH is 1. The van der Waals surface area contributed by atoms with Gasteiger partial charge in [-0.15, -0.1) is 0 Å². The lowest BCUT2D eigenvalue weighted by molar-refractivity contribution is -0.0585. The highest BCUT2D eigenvalue weighted by molar-refractivity contribution is 5.89. The fourth-order valence-corrected chi connectivity index (χ4v) is 5.25. The van der Waals surface area contributed by atoms with E-state index in [2.05, 4.69) is 39.2 Å². The lowest BCUT2D eigenvalue weighted by atomic mass is 9.74. The molecule has 0 saturated carbocycles. The van der Waals surface area contributed by atoms with Crippen LogP contribution in [0, 0.1) is 17.7 Å². The third-order valence-electron chi connectivity index (χ3n) is 7.08. The molecule has 7 heteroatoms. The first kappa shape index (κ1) is 24.0. The number of pyridine rings is 1. The molecule has 0 bridgehead atoms. The first-order valence-corrected chi connectivity index (χ1v) is 12.3. The van der Waals surface area contributed by atoms with Crippen molar-refractivity contribution < 1.29 is 14.3 Å². The number of urea groups is 1. The number of amides is 2. The largest absolute Gasteiger partial charge is 0.395 e. The average Bonchev–Trinajstić information content (AvgIpc) is 2.89. The summed E-state index contributed by atoms with van der Waals surface area (Å²) < 4.78 is 14.1. The van der Waals surface area contributed by atoms with Crippen LogP contribution in [0.5, 0.6) is 0 Å². The Bertz CT molecular complexity index is 1260. The maximum Gasteiger partial charge on any atom is 0.321 e. The van der Waals surface area contributed by atoms with Crippen molar-refractivity contribution in [1.82, 2.24) is 14.8 Å². The monoisotopic (exact) mass is 484 g/mol. The molecule has 5 rings (SSSR count).